The fraction of sp³-hybridized carbons (Fsp3) is 0.333. The summed E-state index contributed by atoms with van der Waals surface area (Å²) in [6.07, 6.45) is 5.27. The third-order valence-corrected chi connectivity index (χ3v) is 11.1. The third-order valence-electron chi connectivity index (χ3n) is 8.81. The summed E-state index contributed by atoms with van der Waals surface area (Å²) in [6, 6.07) is 29.7. The number of nitrogens with one attached hydrogen (secondary N) is 1. The molecule has 1 fully saturated rings. The van der Waals surface area contributed by atoms with Gasteiger partial charge in [-0.1, -0.05) is 107 Å². The quantitative estimate of drug-likeness (QED) is 0.145. The van der Waals surface area contributed by atoms with Crippen LogP contribution in [0.5, 0.6) is 5.75 Å². The number of carbonyl (C=O) groups is 2. The van der Waals surface area contributed by atoms with Gasteiger partial charge < -0.3 is 15.0 Å². The first-order valence-corrected chi connectivity index (χ1v) is 19.1. The standard InChI is InChI=1S/C39H44BrN3O5S/c1-3-48-37-17-11-10-16-35(37)43(49(46,47)34-24-18-29(2)19-25-34)28-38(44)42(27-31-20-22-32(40)23-21-31)36(26-30-12-6-4-7-13-30)39(45)41-33-14-8-5-9-15-33/h4,6-7,10-13,16-25,33,36H,3,5,8-9,14-15,26-28H2,1-2H3,(H,41,45)/t36-/m1/s1. The summed E-state index contributed by atoms with van der Waals surface area (Å²) < 4.78 is 36.7. The summed E-state index contributed by atoms with van der Waals surface area (Å²) in [5.41, 5.74) is 2.85. The van der Waals surface area contributed by atoms with Crippen molar-refractivity contribution in [3.63, 3.8) is 0 Å². The van der Waals surface area contributed by atoms with E-state index in [0.29, 0.717) is 12.4 Å². The van der Waals surface area contributed by atoms with E-state index < -0.39 is 28.5 Å². The van der Waals surface area contributed by atoms with Crippen LogP contribution in [0.15, 0.2) is 112 Å². The zero-order valence-electron chi connectivity index (χ0n) is 28.1. The first kappa shape index (κ1) is 36.1. The number of carbonyl (C=O) groups excluding carboxylic acids is 2. The highest BCUT2D eigenvalue weighted by atomic mass is 79.9. The summed E-state index contributed by atoms with van der Waals surface area (Å²) in [6.45, 7) is 3.57. The maximum atomic E-state index is 14.8. The molecule has 258 valence electrons. The number of anilines is 1. The minimum Gasteiger partial charge on any atom is -0.492 e. The average molecular weight is 747 g/mol. The van der Waals surface area contributed by atoms with Gasteiger partial charge in [0.1, 0.15) is 18.3 Å². The SMILES string of the molecule is CCOc1ccccc1N(CC(=O)N(Cc1ccc(Br)cc1)[C@H](Cc1ccccc1)C(=O)NC1CCCCC1)S(=O)(=O)c1ccc(C)cc1. The number of rotatable bonds is 14. The summed E-state index contributed by atoms with van der Waals surface area (Å²) in [5.74, 6) is -0.419. The van der Waals surface area contributed by atoms with E-state index in [0.717, 1.165) is 57.6 Å². The smallest absolute Gasteiger partial charge is 0.264 e. The Morgan fingerprint density at radius 3 is 2.18 bits per heavy atom. The second-order valence-electron chi connectivity index (χ2n) is 12.4. The number of para-hydroxylation sites is 2. The molecule has 2 amide bonds. The molecular formula is C39H44BrN3O5S. The monoisotopic (exact) mass is 745 g/mol. The number of benzene rings is 4. The first-order valence-electron chi connectivity index (χ1n) is 16.8. The van der Waals surface area contributed by atoms with Crippen LogP contribution in [0.1, 0.15) is 55.7 Å². The van der Waals surface area contributed by atoms with Crippen molar-refractivity contribution < 1.29 is 22.7 Å². The van der Waals surface area contributed by atoms with E-state index in [9.17, 15) is 18.0 Å². The lowest BCUT2D eigenvalue weighted by Crippen LogP contribution is -2.55. The zero-order chi connectivity index (χ0) is 34.8. The van der Waals surface area contributed by atoms with Gasteiger partial charge in [0, 0.05) is 23.5 Å². The van der Waals surface area contributed by atoms with Gasteiger partial charge >= 0.3 is 0 Å². The predicted molar refractivity (Wildman–Crippen MR) is 197 cm³/mol. The van der Waals surface area contributed by atoms with Gasteiger partial charge in [0.05, 0.1) is 17.2 Å². The molecule has 1 aliphatic rings. The van der Waals surface area contributed by atoms with E-state index in [1.54, 1.807) is 48.5 Å². The van der Waals surface area contributed by atoms with Gasteiger partial charge in [-0.05, 0) is 74.2 Å². The molecule has 1 atom stereocenters. The second kappa shape index (κ2) is 17.0. The maximum Gasteiger partial charge on any atom is 0.264 e. The molecule has 1 N–H and O–H groups in total. The summed E-state index contributed by atoms with van der Waals surface area (Å²) >= 11 is 3.49. The van der Waals surface area contributed by atoms with Gasteiger partial charge in [0.25, 0.3) is 10.0 Å². The number of hydrogen-bond acceptors (Lipinski definition) is 5. The normalized spacial score (nSPS) is 14.1. The maximum absolute atomic E-state index is 14.8. The van der Waals surface area contributed by atoms with Crippen molar-refractivity contribution in [3.05, 3.63) is 124 Å². The van der Waals surface area contributed by atoms with Gasteiger partial charge in [0.2, 0.25) is 11.8 Å². The topological polar surface area (TPSA) is 96.0 Å². The van der Waals surface area contributed by atoms with Crippen molar-refractivity contribution >= 4 is 43.5 Å². The number of amides is 2. The Hall–Kier alpha value is -4.15. The number of halogens is 1. The fourth-order valence-electron chi connectivity index (χ4n) is 6.18. The van der Waals surface area contributed by atoms with Crippen LogP contribution in [-0.4, -0.2) is 50.4 Å². The second-order valence-corrected chi connectivity index (χ2v) is 15.2. The van der Waals surface area contributed by atoms with Crippen LogP contribution in [0.25, 0.3) is 0 Å². The van der Waals surface area contributed by atoms with Crippen molar-refractivity contribution in [1.29, 1.82) is 0 Å². The lowest BCUT2D eigenvalue weighted by Gasteiger charge is -2.35. The molecule has 49 heavy (non-hydrogen) atoms. The van der Waals surface area contributed by atoms with Gasteiger partial charge in [-0.25, -0.2) is 8.42 Å². The van der Waals surface area contributed by atoms with Crippen molar-refractivity contribution in [1.82, 2.24) is 10.2 Å². The van der Waals surface area contributed by atoms with Crippen molar-refractivity contribution in [3.8, 4) is 5.75 Å². The molecule has 4 aromatic carbocycles. The Morgan fingerprint density at radius 1 is 0.857 bits per heavy atom. The molecular weight excluding hydrogens is 702 g/mol. The molecule has 1 saturated carbocycles. The molecule has 1 aliphatic carbocycles. The number of aryl methyl sites for hydroxylation is 1. The van der Waals surface area contributed by atoms with E-state index in [4.69, 9.17) is 4.74 Å². The van der Waals surface area contributed by atoms with Crippen LogP contribution in [0.2, 0.25) is 0 Å². The number of hydrogen-bond donors (Lipinski definition) is 1. The lowest BCUT2D eigenvalue weighted by atomic mass is 9.94. The predicted octanol–water partition coefficient (Wildman–Crippen LogP) is 7.44. The van der Waals surface area contributed by atoms with Crippen LogP contribution in [-0.2, 0) is 32.6 Å². The van der Waals surface area contributed by atoms with E-state index in [1.807, 2.05) is 68.4 Å². The van der Waals surface area contributed by atoms with E-state index in [-0.39, 0.29) is 35.5 Å². The Kier molecular flexibility index (Phi) is 12.5. The third kappa shape index (κ3) is 9.51. The lowest BCUT2D eigenvalue weighted by molar-refractivity contribution is -0.140. The van der Waals surface area contributed by atoms with Crippen LogP contribution in [0, 0.1) is 6.92 Å². The highest BCUT2D eigenvalue weighted by molar-refractivity contribution is 9.10. The Balaban J connectivity index is 1.59. The van der Waals surface area contributed by atoms with Gasteiger partial charge in [-0.2, -0.15) is 0 Å². The molecule has 0 unspecified atom stereocenters. The molecule has 0 spiro atoms. The highest BCUT2D eigenvalue weighted by Gasteiger charge is 2.36. The van der Waals surface area contributed by atoms with Gasteiger partial charge in [-0.3, -0.25) is 13.9 Å². The molecule has 0 aromatic heterocycles. The summed E-state index contributed by atoms with van der Waals surface area (Å²) in [5, 5.41) is 3.25. The van der Waals surface area contributed by atoms with Crippen molar-refractivity contribution in [2.24, 2.45) is 0 Å². The van der Waals surface area contributed by atoms with E-state index in [2.05, 4.69) is 21.2 Å². The molecule has 0 radical (unpaired) electrons. The summed E-state index contributed by atoms with van der Waals surface area (Å²) in [4.78, 5) is 30.7. The minimum absolute atomic E-state index is 0.0284. The number of ether oxygens (including phenoxy) is 1. The van der Waals surface area contributed by atoms with Crippen molar-refractivity contribution in [2.75, 3.05) is 17.5 Å². The fourth-order valence-corrected chi connectivity index (χ4v) is 7.87. The average Bonchev–Trinajstić information content (AvgIpc) is 3.11. The molecule has 8 nitrogen and oxygen atoms in total. The van der Waals surface area contributed by atoms with Crippen LogP contribution in [0.3, 0.4) is 0 Å². The zero-order valence-corrected chi connectivity index (χ0v) is 30.5. The molecule has 0 aliphatic heterocycles. The van der Waals surface area contributed by atoms with E-state index in [1.165, 1.54) is 4.90 Å². The van der Waals surface area contributed by atoms with Gasteiger partial charge in [-0.15, -0.1) is 0 Å². The Morgan fingerprint density at radius 2 is 1.51 bits per heavy atom. The number of sulfonamides is 1. The largest absolute Gasteiger partial charge is 0.492 e. The van der Waals surface area contributed by atoms with E-state index >= 15 is 0 Å². The van der Waals surface area contributed by atoms with Gasteiger partial charge in [0.15, 0.2) is 0 Å². The minimum atomic E-state index is -4.25. The Labute approximate surface area is 298 Å². The van der Waals surface area contributed by atoms with Crippen molar-refractivity contribution in [2.45, 2.75) is 75.9 Å². The molecule has 0 saturated heterocycles. The highest BCUT2D eigenvalue weighted by Crippen LogP contribution is 2.33. The molecule has 10 heteroatoms. The molecule has 0 heterocycles. The molecule has 5 rings (SSSR count). The molecule has 0 bridgehead atoms. The van der Waals surface area contributed by atoms with Crippen LogP contribution < -0.4 is 14.4 Å². The first-order chi connectivity index (χ1) is 23.7. The van der Waals surface area contributed by atoms with Crippen LogP contribution in [0.4, 0.5) is 5.69 Å². The number of nitrogens with zero attached hydrogens (tertiary/aromatic N) is 2. The summed E-state index contributed by atoms with van der Waals surface area (Å²) in [7, 11) is -4.25. The van der Waals surface area contributed by atoms with Crippen LogP contribution >= 0.6 is 15.9 Å². The molecule has 4 aromatic rings. The Bertz CT molecular complexity index is 1790.